The molecular formula is C12H18F3N3OS. The number of anilines is 1. The predicted molar refractivity (Wildman–Crippen MR) is 70.8 cm³/mol. The Bertz CT molecular complexity index is 441. The molecule has 0 amide bonds. The third kappa shape index (κ3) is 3.82. The van der Waals surface area contributed by atoms with Gasteiger partial charge in [0.05, 0.1) is 5.60 Å². The molecule has 20 heavy (non-hydrogen) atoms. The minimum Gasteiger partial charge on any atom is -0.388 e. The smallest absolute Gasteiger partial charge is 0.388 e. The largest absolute Gasteiger partial charge is 0.452 e. The number of likely N-dealkylation sites (N-methyl/N-ethyl adjacent to an activating group) is 1. The van der Waals surface area contributed by atoms with E-state index < -0.39 is 17.6 Å². The fraction of sp³-hybridized carbons (Fsp3) is 0.833. The lowest BCUT2D eigenvalue weighted by atomic mass is 9.94. The number of nitrogens with zero attached hydrogens (tertiary/aromatic N) is 3. The molecule has 4 nitrogen and oxygen atoms in total. The first-order valence-corrected chi connectivity index (χ1v) is 7.42. The van der Waals surface area contributed by atoms with Crippen molar-refractivity contribution in [2.75, 3.05) is 18.5 Å². The van der Waals surface area contributed by atoms with Crippen LogP contribution in [0.25, 0.3) is 0 Å². The van der Waals surface area contributed by atoms with Gasteiger partial charge >= 0.3 is 6.18 Å². The summed E-state index contributed by atoms with van der Waals surface area (Å²) in [5, 5.41) is 10.7. The summed E-state index contributed by atoms with van der Waals surface area (Å²) in [4.78, 5) is 5.07. The van der Waals surface area contributed by atoms with E-state index in [-0.39, 0.29) is 5.13 Å². The monoisotopic (exact) mass is 309 g/mol. The first kappa shape index (κ1) is 15.5. The highest BCUT2D eigenvalue weighted by Gasteiger charge is 2.37. The van der Waals surface area contributed by atoms with Gasteiger partial charge in [0.1, 0.15) is 0 Å². The molecule has 2 rings (SSSR count). The molecule has 0 saturated heterocycles. The zero-order valence-electron chi connectivity index (χ0n) is 11.3. The maximum atomic E-state index is 12.5. The topological polar surface area (TPSA) is 49.2 Å². The van der Waals surface area contributed by atoms with Gasteiger partial charge in [0, 0.05) is 25.1 Å². The maximum Gasteiger partial charge on any atom is 0.452 e. The molecule has 1 aliphatic carbocycles. The first-order chi connectivity index (χ1) is 9.30. The van der Waals surface area contributed by atoms with Crippen molar-refractivity contribution < 1.29 is 18.3 Å². The second-order valence-corrected chi connectivity index (χ2v) is 6.12. The molecule has 0 spiro atoms. The van der Waals surface area contributed by atoms with Crippen molar-refractivity contribution in [3.8, 4) is 0 Å². The maximum absolute atomic E-state index is 12.5. The molecule has 0 radical (unpaired) electrons. The molecule has 1 fully saturated rings. The summed E-state index contributed by atoms with van der Waals surface area (Å²) in [5.41, 5.74) is -0.838. The molecule has 114 valence electrons. The van der Waals surface area contributed by atoms with Crippen LogP contribution >= 0.6 is 11.5 Å². The van der Waals surface area contributed by atoms with Crippen LogP contribution in [0.3, 0.4) is 0 Å². The number of aliphatic hydroxyl groups is 1. The molecule has 0 atom stereocenters. The SMILES string of the molecule is CN(CC1(O)CCCCCC1)c1nc(C(F)(F)F)ns1. The van der Waals surface area contributed by atoms with Crippen LogP contribution in [0.5, 0.6) is 0 Å². The summed E-state index contributed by atoms with van der Waals surface area (Å²) in [7, 11) is 1.64. The van der Waals surface area contributed by atoms with Crippen LogP contribution in [0.4, 0.5) is 18.3 Å². The van der Waals surface area contributed by atoms with Crippen molar-refractivity contribution in [2.24, 2.45) is 0 Å². The third-order valence-corrected chi connectivity index (χ3v) is 4.39. The van der Waals surface area contributed by atoms with Crippen molar-refractivity contribution in [1.29, 1.82) is 0 Å². The number of hydrogen-bond donors (Lipinski definition) is 1. The second-order valence-electron chi connectivity index (χ2n) is 5.39. The second kappa shape index (κ2) is 5.85. The van der Waals surface area contributed by atoms with E-state index in [4.69, 9.17) is 0 Å². The van der Waals surface area contributed by atoms with E-state index in [1.807, 2.05) is 0 Å². The average molecular weight is 309 g/mol. The molecule has 1 aromatic heterocycles. The van der Waals surface area contributed by atoms with Gasteiger partial charge in [-0.15, -0.1) is 0 Å². The van der Waals surface area contributed by atoms with E-state index in [0.717, 1.165) is 25.7 Å². The fourth-order valence-electron chi connectivity index (χ4n) is 2.54. The van der Waals surface area contributed by atoms with Crippen molar-refractivity contribution >= 4 is 16.7 Å². The van der Waals surface area contributed by atoms with Crippen LogP contribution in [0.1, 0.15) is 44.3 Å². The Morgan fingerprint density at radius 2 is 1.85 bits per heavy atom. The van der Waals surface area contributed by atoms with E-state index in [1.54, 1.807) is 11.9 Å². The van der Waals surface area contributed by atoms with Crippen LogP contribution in [0.15, 0.2) is 0 Å². The molecule has 0 aliphatic heterocycles. The van der Waals surface area contributed by atoms with Gasteiger partial charge in [-0.1, -0.05) is 25.7 Å². The molecule has 1 heterocycles. The number of alkyl halides is 3. The molecule has 8 heteroatoms. The van der Waals surface area contributed by atoms with E-state index in [9.17, 15) is 18.3 Å². The molecule has 0 aromatic carbocycles. The zero-order valence-corrected chi connectivity index (χ0v) is 12.1. The molecule has 1 aliphatic rings. The highest BCUT2D eigenvalue weighted by molar-refractivity contribution is 7.09. The highest BCUT2D eigenvalue weighted by Crippen LogP contribution is 2.32. The average Bonchev–Trinajstić information content (AvgIpc) is 2.75. The molecule has 1 saturated carbocycles. The number of rotatable bonds is 3. The van der Waals surface area contributed by atoms with Gasteiger partial charge in [-0.05, 0) is 12.8 Å². The Morgan fingerprint density at radius 1 is 1.25 bits per heavy atom. The standard InChI is InChI=1S/C12H18F3N3OS/c1-18(8-11(19)6-4-2-3-5-7-11)10-16-9(17-20-10)12(13,14)15/h19H,2-8H2,1H3. The normalized spacial score (nSPS) is 19.6. The summed E-state index contributed by atoms with van der Waals surface area (Å²) in [6.45, 7) is 0.291. The molecule has 1 aromatic rings. The van der Waals surface area contributed by atoms with E-state index >= 15 is 0 Å². The number of aromatic nitrogens is 2. The quantitative estimate of drug-likeness (QED) is 0.872. The number of halogens is 3. The molecule has 0 unspecified atom stereocenters. The van der Waals surface area contributed by atoms with Crippen LogP contribution < -0.4 is 4.90 Å². The van der Waals surface area contributed by atoms with Gasteiger partial charge in [0.2, 0.25) is 11.0 Å². The van der Waals surface area contributed by atoms with Crippen molar-refractivity contribution in [3.63, 3.8) is 0 Å². The summed E-state index contributed by atoms with van der Waals surface area (Å²) in [6, 6.07) is 0. The third-order valence-electron chi connectivity index (χ3n) is 3.56. The summed E-state index contributed by atoms with van der Waals surface area (Å²) < 4.78 is 40.7. The lowest BCUT2D eigenvalue weighted by Gasteiger charge is -2.31. The summed E-state index contributed by atoms with van der Waals surface area (Å²) >= 11 is 0.711. The van der Waals surface area contributed by atoms with E-state index in [2.05, 4.69) is 9.36 Å². The zero-order chi connectivity index (χ0) is 14.8. The van der Waals surface area contributed by atoms with Crippen LogP contribution in [0.2, 0.25) is 0 Å². The lowest BCUT2D eigenvalue weighted by Crippen LogP contribution is -2.41. The van der Waals surface area contributed by atoms with E-state index in [0.29, 0.717) is 30.9 Å². The minimum absolute atomic E-state index is 0.190. The van der Waals surface area contributed by atoms with Gasteiger partial charge in [0.25, 0.3) is 0 Å². The molecular weight excluding hydrogens is 291 g/mol. The molecule has 1 N–H and O–H groups in total. The Labute approximate surface area is 119 Å². The minimum atomic E-state index is -4.52. The number of hydrogen-bond acceptors (Lipinski definition) is 5. The Hall–Kier alpha value is -0.890. The van der Waals surface area contributed by atoms with Gasteiger partial charge in [-0.3, -0.25) is 0 Å². The Morgan fingerprint density at radius 3 is 2.35 bits per heavy atom. The van der Waals surface area contributed by atoms with Gasteiger partial charge < -0.3 is 10.0 Å². The Kier molecular flexibility index (Phi) is 4.53. The summed E-state index contributed by atoms with van der Waals surface area (Å²) in [6.07, 6.45) is 0.952. The van der Waals surface area contributed by atoms with Crippen LogP contribution in [-0.2, 0) is 6.18 Å². The van der Waals surface area contributed by atoms with Crippen molar-refractivity contribution in [3.05, 3.63) is 5.82 Å². The van der Waals surface area contributed by atoms with Gasteiger partial charge in [0.15, 0.2) is 0 Å². The van der Waals surface area contributed by atoms with E-state index in [1.165, 1.54) is 0 Å². The lowest BCUT2D eigenvalue weighted by molar-refractivity contribution is -0.144. The first-order valence-electron chi connectivity index (χ1n) is 6.65. The summed E-state index contributed by atoms with van der Waals surface area (Å²) in [5.74, 6) is -1.11. The van der Waals surface area contributed by atoms with Crippen molar-refractivity contribution in [2.45, 2.75) is 50.3 Å². The van der Waals surface area contributed by atoms with Crippen molar-refractivity contribution in [1.82, 2.24) is 9.36 Å². The molecule has 0 bridgehead atoms. The van der Waals surface area contributed by atoms with Gasteiger partial charge in [-0.2, -0.15) is 22.5 Å². The van der Waals surface area contributed by atoms with Gasteiger partial charge in [-0.25, -0.2) is 0 Å². The predicted octanol–water partition coefficient (Wildman–Crippen LogP) is 3.08. The van der Waals surface area contributed by atoms with Crippen LogP contribution in [-0.4, -0.2) is 33.7 Å². The fourth-order valence-corrected chi connectivity index (χ4v) is 3.18. The van der Waals surface area contributed by atoms with Crippen LogP contribution in [0, 0.1) is 0 Å². The highest BCUT2D eigenvalue weighted by atomic mass is 32.1. The Balaban J connectivity index is 2.03.